The van der Waals surface area contributed by atoms with Crippen molar-refractivity contribution in [1.82, 2.24) is 15.1 Å². The van der Waals surface area contributed by atoms with Crippen molar-refractivity contribution >= 4 is 9.84 Å². The number of nitrogens with one attached hydrogen (secondary N) is 1. The van der Waals surface area contributed by atoms with E-state index in [-0.39, 0.29) is 17.5 Å². The molecule has 0 bridgehead atoms. The predicted molar refractivity (Wildman–Crippen MR) is 85.1 cm³/mol. The highest BCUT2D eigenvalue weighted by Crippen LogP contribution is 2.26. The first-order valence-electron chi connectivity index (χ1n) is 7.39. The Bertz CT molecular complexity index is 640. The quantitative estimate of drug-likeness (QED) is 0.666. The van der Waals surface area contributed by atoms with Gasteiger partial charge < -0.3 is 5.32 Å². The number of aromatic nitrogens is 2. The molecule has 1 saturated heterocycles. The van der Waals surface area contributed by atoms with Crippen LogP contribution in [0.4, 0.5) is 0 Å². The fraction of sp³-hybridized carbons (Fsp3) is 0.667. The lowest BCUT2D eigenvalue weighted by atomic mass is 10.2. The van der Waals surface area contributed by atoms with Crippen LogP contribution in [-0.2, 0) is 16.4 Å². The van der Waals surface area contributed by atoms with Crippen molar-refractivity contribution in [3.05, 3.63) is 28.6 Å². The molecule has 118 valence electrons. The van der Waals surface area contributed by atoms with E-state index in [0.29, 0.717) is 6.42 Å². The van der Waals surface area contributed by atoms with Crippen molar-refractivity contribution in [2.24, 2.45) is 0 Å². The van der Waals surface area contributed by atoms with E-state index >= 15 is 0 Å². The molecule has 1 fully saturated rings. The van der Waals surface area contributed by atoms with Gasteiger partial charge in [0, 0.05) is 24.3 Å². The Morgan fingerprint density at radius 3 is 2.71 bits per heavy atom. The van der Waals surface area contributed by atoms with Gasteiger partial charge in [0.15, 0.2) is 9.84 Å². The van der Waals surface area contributed by atoms with Gasteiger partial charge in [0.25, 0.3) is 0 Å². The highest BCUT2D eigenvalue weighted by atomic mass is 32.2. The molecule has 1 aliphatic heterocycles. The third-order valence-corrected chi connectivity index (χ3v) is 5.74. The van der Waals surface area contributed by atoms with E-state index in [0.717, 1.165) is 24.5 Å². The molecule has 1 unspecified atom stereocenters. The summed E-state index contributed by atoms with van der Waals surface area (Å²) < 4.78 is 25.2. The van der Waals surface area contributed by atoms with E-state index in [4.69, 9.17) is 0 Å². The normalized spacial score (nSPS) is 20.7. The minimum atomic E-state index is -2.88. The molecule has 21 heavy (non-hydrogen) atoms. The average molecular weight is 311 g/mol. The van der Waals surface area contributed by atoms with E-state index in [2.05, 4.69) is 30.3 Å². The number of hydrogen-bond acceptors (Lipinski definition) is 4. The molecule has 5 nitrogen and oxygen atoms in total. The van der Waals surface area contributed by atoms with Crippen LogP contribution in [0.15, 0.2) is 11.6 Å². The molecule has 6 heteroatoms. The molecule has 0 spiro atoms. The predicted octanol–water partition coefficient (Wildman–Crippen LogP) is 1.92. The zero-order valence-electron chi connectivity index (χ0n) is 13.3. The molecule has 2 rings (SSSR count). The van der Waals surface area contributed by atoms with Crippen LogP contribution in [0.5, 0.6) is 0 Å². The number of nitrogens with zero attached hydrogens (tertiary/aromatic N) is 2. The van der Waals surface area contributed by atoms with Crippen LogP contribution in [-0.4, -0.2) is 36.2 Å². The Morgan fingerprint density at radius 1 is 1.43 bits per heavy atom. The number of hydrogen-bond donors (Lipinski definition) is 1. The van der Waals surface area contributed by atoms with Crippen molar-refractivity contribution in [3.8, 4) is 0 Å². The average Bonchev–Trinajstić information content (AvgIpc) is 2.87. The fourth-order valence-corrected chi connectivity index (χ4v) is 4.44. The molecule has 1 atom stereocenters. The summed E-state index contributed by atoms with van der Waals surface area (Å²) in [5, 5.41) is 7.96. The maximum Gasteiger partial charge on any atom is 0.152 e. The second-order valence-electron chi connectivity index (χ2n) is 6.06. The van der Waals surface area contributed by atoms with Gasteiger partial charge in [-0.3, -0.25) is 4.68 Å². The van der Waals surface area contributed by atoms with Crippen molar-refractivity contribution in [2.45, 2.75) is 46.7 Å². The van der Waals surface area contributed by atoms with Gasteiger partial charge in [-0.25, -0.2) is 8.42 Å². The van der Waals surface area contributed by atoms with Crippen LogP contribution in [0.25, 0.3) is 0 Å². The third kappa shape index (κ3) is 3.95. The summed E-state index contributed by atoms with van der Waals surface area (Å²) in [5.74, 6) is 0.504. The van der Waals surface area contributed by atoms with Crippen LogP contribution in [0.2, 0.25) is 0 Å². The molecule has 0 radical (unpaired) electrons. The molecule has 0 amide bonds. The summed E-state index contributed by atoms with van der Waals surface area (Å²) in [4.78, 5) is 0. The topological polar surface area (TPSA) is 64.0 Å². The fourth-order valence-electron chi connectivity index (χ4n) is 2.75. The SMILES string of the molecule is CC(C)=CCNCc1c(C)nn(C2CCS(=O)(=O)C2)c1C. The van der Waals surface area contributed by atoms with Crippen molar-refractivity contribution in [1.29, 1.82) is 0 Å². The van der Waals surface area contributed by atoms with Gasteiger partial charge in [-0.15, -0.1) is 0 Å². The molecule has 1 aliphatic rings. The minimum Gasteiger partial charge on any atom is -0.309 e. The van der Waals surface area contributed by atoms with Crippen LogP contribution in [0.1, 0.15) is 43.3 Å². The lowest BCUT2D eigenvalue weighted by Gasteiger charge is -2.11. The lowest BCUT2D eigenvalue weighted by Crippen LogP contribution is -2.16. The van der Waals surface area contributed by atoms with Crippen molar-refractivity contribution < 1.29 is 8.42 Å². The monoisotopic (exact) mass is 311 g/mol. The molecule has 1 aromatic heterocycles. The molecular weight excluding hydrogens is 286 g/mol. The summed E-state index contributed by atoms with van der Waals surface area (Å²) in [5.41, 5.74) is 4.55. The first-order valence-corrected chi connectivity index (χ1v) is 9.21. The Kier molecular flexibility index (Phi) is 4.88. The molecule has 1 aromatic rings. The zero-order valence-corrected chi connectivity index (χ0v) is 14.1. The zero-order chi connectivity index (χ0) is 15.6. The minimum absolute atomic E-state index is 0.000215. The Hall–Kier alpha value is -1.14. The van der Waals surface area contributed by atoms with Gasteiger partial charge in [-0.1, -0.05) is 11.6 Å². The summed E-state index contributed by atoms with van der Waals surface area (Å²) >= 11 is 0. The Morgan fingerprint density at radius 2 is 2.14 bits per heavy atom. The van der Waals surface area contributed by atoms with E-state index in [1.807, 2.05) is 18.5 Å². The molecular formula is C15H25N3O2S. The van der Waals surface area contributed by atoms with Gasteiger partial charge in [0.1, 0.15) is 0 Å². The number of aryl methyl sites for hydroxylation is 1. The maximum absolute atomic E-state index is 11.6. The number of sulfone groups is 1. The molecule has 2 heterocycles. The van der Waals surface area contributed by atoms with Gasteiger partial charge in [0.2, 0.25) is 0 Å². The van der Waals surface area contributed by atoms with Crippen molar-refractivity contribution in [2.75, 3.05) is 18.1 Å². The molecule has 0 aromatic carbocycles. The van der Waals surface area contributed by atoms with Gasteiger partial charge in [-0.05, 0) is 34.1 Å². The highest BCUT2D eigenvalue weighted by molar-refractivity contribution is 7.91. The maximum atomic E-state index is 11.6. The van der Waals surface area contributed by atoms with Gasteiger partial charge in [0.05, 0.1) is 23.2 Å². The summed E-state index contributed by atoms with van der Waals surface area (Å²) in [6, 6.07) is 0.000215. The largest absolute Gasteiger partial charge is 0.309 e. The van der Waals surface area contributed by atoms with Crippen molar-refractivity contribution in [3.63, 3.8) is 0 Å². The van der Waals surface area contributed by atoms with Gasteiger partial charge >= 0.3 is 0 Å². The molecule has 1 N–H and O–H groups in total. The summed E-state index contributed by atoms with van der Waals surface area (Å²) in [6.07, 6.45) is 2.83. The van der Waals surface area contributed by atoms with Gasteiger partial charge in [-0.2, -0.15) is 5.10 Å². The third-order valence-electron chi connectivity index (χ3n) is 3.99. The second kappa shape index (κ2) is 6.32. The summed E-state index contributed by atoms with van der Waals surface area (Å²) in [6.45, 7) is 9.78. The van der Waals surface area contributed by atoms with Crippen LogP contribution in [0.3, 0.4) is 0 Å². The first-order chi connectivity index (χ1) is 9.80. The van der Waals surface area contributed by atoms with E-state index in [1.165, 1.54) is 11.1 Å². The number of rotatable bonds is 5. The summed E-state index contributed by atoms with van der Waals surface area (Å²) in [7, 11) is -2.88. The molecule has 0 aliphatic carbocycles. The Balaban J connectivity index is 2.09. The first kappa shape index (κ1) is 16.2. The number of allylic oxidation sites excluding steroid dienone is 1. The standard InChI is InChI=1S/C15H25N3O2S/c1-11(2)5-7-16-9-15-12(3)17-18(13(15)4)14-6-8-21(19,20)10-14/h5,14,16H,6-10H2,1-4H3. The smallest absolute Gasteiger partial charge is 0.152 e. The van der Waals surface area contributed by atoms with E-state index < -0.39 is 9.84 Å². The molecule has 0 saturated carbocycles. The van der Waals surface area contributed by atoms with E-state index in [9.17, 15) is 8.42 Å². The highest BCUT2D eigenvalue weighted by Gasteiger charge is 2.31. The lowest BCUT2D eigenvalue weighted by molar-refractivity contribution is 0.485. The van der Waals surface area contributed by atoms with E-state index in [1.54, 1.807) is 0 Å². The second-order valence-corrected chi connectivity index (χ2v) is 8.29. The van der Waals surface area contributed by atoms with Crippen LogP contribution < -0.4 is 5.32 Å². The van der Waals surface area contributed by atoms with Crippen LogP contribution in [0, 0.1) is 13.8 Å². The Labute approximate surface area is 127 Å². The van der Waals surface area contributed by atoms with Crippen LogP contribution >= 0.6 is 0 Å².